The summed E-state index contributed by atoms with van der Waals surface area (Å²) in [6.45, 7) is 8.86. The van der Waals surface area contributed by atoms with Gasteiger partial charge in [0, 0.05) is 23.8 Å². The lowest BCUT2D eigenvalue weighted by Gasteiger charge is -2.27. The van der Waals surface area contributed by atoms with Gasteiger partial charge in [0.2, 0.25) is 0 Å². The monoisotopic (exact) mass is 525 g/mol. The molecule has 0 heterocycles. The Morgan fingerprint density at radius 1 is 0.892 bits per heavy atom. The van der Waals surface area contributed by atoms with Gasteiger partial charge >= 0.3 is 12.2 Å². The van der Waals surface area contributed by atoms with Gasteiger partial charge in [0.1, 0.15) is 5.82 Å². The standard InChI is InChI=1S/C28H29ClFN3O4/c1-4-36-27(34)31-25-15-14-24(16-26(25)32-28(35)37-5-2)33(18-20-6-12-23(30)13-7-20)17-19(3)21-8-10-22(29)11-9-21/h6-16H,3-5,17-18H2,1-2H3,(H,31,34)(H,32,35). The number of hydrogen-bond donors (Lipinski definition) is 2. The van der Waals surface area contributed by atoms with Crippen LogP contribution in [0.4, 0.5) is 31.0 Å². The highest BCUT2D eigenvalue weighted by Gasteiger charge is 2.16. The molecule has 0 aromatic heterocycles. The predicted octanol–water partition coefficient (Wildman–Crippen LogP) is 7.34. The average Bonchev–Trinajstić information content (AvgIpc) is 2.86. The van der Waals surface area contributed by atoms with Crippen LogP contribution in [0.25, 0.3) is 5.57 Å². The number of carbonyl (C=O) groups excluding carboxylic acids is 2. The van der Waals surface area contributed by atoms with Crippen LogP contribution < -0.4 is 15.5 Å². The number of hydrogen-bond acceptors (Lipinski definition) is 5. The lowest BCUT2D eigenvalue weighted by atomic mass is 10.1. The van der Waals surface area contributed by atoms with E-state index in [1.165, 1.54) is 12.1 Å². The first kappa shape index (κ1) is 27.5. The Bertz CT molecular complexity index is 1230. The fraction of sp³-hybridized carbons (Fsp3) is 0.214. The third kappa shape index (κ3) is 8.25. The maximum atomic E-state index is 13.5. The summed E-state index contributed by atoms with van der Waals surface area (Å²) in [5.41, 5.74) is 4.00. The van der Waals surface area contributed by atoms with Crippen LogP contribution in [-0.2, 0) is 16.0 Å². The third-order valence-corrected chi connectivity index (χ3v) is 5.57. The van der Waals surface area contributed by atoms with E-state index in [2.05, 4.69) is 17.2 Å². The van der Waals surface area contributed by atoms with E-state index in [1.807, 2.05) is 17.0 Å². The molecule has 0 saturated heterocycles. The molecule has 7 nitrogen and oxygen atoms in total. The summed E-state index contributed by atoms with van der Waals surface area (Å²) in [5.74, 6) is -0.323. The molecule has 37 heavy (non-hydrogen) atoms. The summed E-state index contributed by atoms with van der Waals surface area (Å²) in [7, 11) is 0. The fourth-order valence-electron chi connectivity index (χ4n) is 3.55. The molecule has 2 N–H and O–H groups in total. The Morgan fingerprint density at radius 3 is 2.08 bits per heavy atom. The molecule has 3 rings (SSSR count). The Morgan fingerprint density at radius 2 is 1.49 bits per heavy atom. The molecule has 0 radical (unpaired) electrons. The van der Waals surface area contributed by atoms with Gasteiger partial charge in [0.05, 0.1) is 24.6 Å². The summed E-state index contributed by atoms with van der Waals surface area (Å²) in [6, 6.07) is 18.8. The molecule has 0 aliphatic rings. The molecule has 2 amide bonds. The lowest BCUT2D eigenvalue weighted by molar-refractivity contribution is 0.166. The van der Waals surface area contributed by atoms with Crippen LogP contribution in [0.5, 0.6) is 0 Å². The first-order valence-corrected chi connectivity index (χ1v) is 12.1. The van der Waals surface area contributed by atoms with E-state index in [4.69, 9.17) is 21.1 Å². The summed E-state index contributed by atoms with van der Waals surface area (Å²) < 4.78 is 23.5. The number of halogens is 2. The Balaban J connectivity index is 1.97. The molecule has 0 saturated carbocycles. The molecular weight excluding hydrogens is 497 g/mol. The maximum absolute atomic E-state index is 13.5. The van der Waals surface area contributed by atoms with Crippen molar-refractivity contribution in [2.75, 3.05) is 35.3 Å². The van der Waals surface area contributed by atoms with Gasteiger partial charge in [-0.15, -0.1) is 0 Å². The van der Waals surface area contributed by atoms with Gasteiger partial charge in [0.15, 0.2) is 0 Å². The molecule has 0 unspecified atom stereocenters. The van der Waals surface area contributed by atoms with E-state index in [0.29, 0.717) is 29.5 Å². The Kier molecular flexibility index (Phi) is 9.92. The van der Waals surface area contributed by atoms with Gasteiger partial charge in [-0.05, 0) is 73.0 Å². The Labute approximate surface area is 220 Å². The van der Waals surface area contributed by atoms with E-state index >= 15 is 0 Å². The van der Waals surface area contributed by atoms with Crippen LogP contribution in [0, 0.1) is 5.82 Å². The van der Waals surface area contributed by atoms with Gasteiger partial charge in [-0.3, -0.25) is 10.6 Å². The summed E-state index contributed by atoms with van der Waals surface area (Å²) in [5, 5.41) is 5.93. The second kappa shape index (κ2) is 13.3. The van der Waals surface area contributed by atoms with Crippen molar-refractivity contribution in [1.29, 1.82) is 0 Å². The Hall–Kier alpha value is -4.04. The van der Waals surface area contributed by atoms with Gasteiger partial charge in [0.25, 0.3) is 0 Å². The second-order valence-electron chi connectivity index (χ2n) is 8.01. The summed E-state index contributed by atoms with van der Waals surface area (Å²) in [4.78, 5) is 26.3. The normalized spacial score (nSPS) is 10.4. The minimum absolute atomic E-state index is 0.184. The van der Waals surface area contributed by atoms with Gasteiger partial charge in [-0.1, -0.05) is 42.4 Å². The molecule has 0 aliphatic carbocycles. The van der Waals surface area contributed by atoms with Crippen LogP contribution in [0.2, 0.25) is 5.02 Å². The van der Waals surface area contributed by atoms with Crippen LogP contribution >= 0.6 is 11.6 Å². The number of nitrogens with zero attached hydrogens (tertiary/aromatic N) is 1. The highest BCUT2D eigenvalue weighted by molar-refractivity contribution is 6.30. The van der Waals surface area contributed by atoms with Crippen molar-refractivity contribution in [3.8, 4) is 0 Å². The van der Waals surface area contributed by atoms with E-state index < -0.39 is 12.2 Å². The summed E-state index contributed by atoms with van der Waals surface area (Å²) in [6.07, 6.45) is -1.32. The van der Waals surface area contributed by atoms with Crippen molar-refractivity contribution in [1.82, 2.24) is 0 Å². The van der Waals surface area contributed by atoms with Crippen LogP contribution in [0.1, 0.15) is 25.0 Å². The minimum Gasteiger partial charge on any atom is -0.450 e. The molecule has 3 aromatic rings. The lowest BCUT2D eigenvalue weighted by Crippen LogP contribution is -2.25. The molecular formula is C28H29ClFN3O4. The number of nitrogens with one attached hydrogen (secondary N) is 2. The van der Waals surface area contributed by atoms with Crippen molar-refractivity contribution < 1.29 is 23.5 Å². The molecule has 0 fully saturated rings. The largest absolute Gasteiger partial charge is 0.450 e. The highest BCUT2D eigenvalue weighted by atomic mass is 35.5. The van der Waals surface area contributed by atoms with Crippen molar-refractivity contribution in [2.45, 2.75) is 20.4 Å². The number of benzene rings is 3. The first-order valence-electron chi connectivity index (χ1n) is 11.7. The summed E-state index contributed by atoms with van der Waals surface area (Å²) >= 11 is 6.04. The van der Waals surface area contributed by atoms with Crippen LogP contribution in [0.3, 0.4) is 0 Å². The molecule has 3 aromatic carbocycles. The molecule has 9 heteroatoms. The number of anilines is 3. The van der Waals surface area contributed by atoms with Crippen molar-refractivity contribution >= 4 is 46.4 Å². The zero-order chi connectivity index (χ0) is 26.8. The molecule has 0 spiro atoms. The quantitative estimate of drug-likeness (QED) is 0.289. The topological polar surface area (TPSA) is 79.9 Å². The minimum atomic E-state index is -0.665. The van der Waals surface area contributed by atoms with Crippen molar-refractivity contribution in [3.05, 3.63) is 95.3 Å². The smallest absolute Gasteiger partial charge is 0.411 e. The first-order chi connectivity index (χ1) is 17.8. The molecule has 194 valence electrons. The van der Waals surface area contributed by atoms with E-state index in [9.17, 15) is 14.0 Å². The predicted molar refractivity (Wildman–Crippen MR) is 146 cm³/mol. The van der Waals surface area contributed by atoms with Gasteiger partial charge in [-0.2, -0.15) is 0 Å². The molecule has 0 aliphatic heterocycles. The molecule has 0 bridgehead atoms. The van der Waals surface area contributed by atoms with Gasteiger partial charge < -0.3 is 14.4 Å². The van der Waals surface area contributed by atoms with Crippen molar-refractivity contribution in [2.24, 2.45) is 0 Å². The zero-order valence-electron chi connectivity index (χ0n) is 20.7. The van der Waals surface area contributed by atoms with E-state index in [-0.39, 0.29) is 19.0 Å². The third-order valence-electron chi connectivity index (χ3n) is 5.31. The van der Waals surface area contributed by atoms with Crippen molar-refractivity contribution in [3.63, 3.8) is 0 Å². The van der Waals surface area contributed by atoms with E-state index in [0.717, 1.165) is 22.4 Å². The van der Waals surface area contributed by atoms with E-state index in [1.54, 1.807) is 56.3 Å². The fourth-order valence-corrected chi connectivity index (χ4v) is 3.68. The second-order valence-corrected chi connectivity index (χ2v) is 8.45. The number of carbonyl (C=O) groups is 2. The highest BCUT2D eigenvalue weighted by Crippen LogP contribution is 2.31. The number of amides is 2. The molecule has 0 atom stereocenters. The van der Waals surface area contributed by atoms with Gasteiger partial charge in [-0.25, -0.2) is 14.0 Å². The maximum Gasteiger partial charge on any atom is 0.411 e. The zero-order valence-corrected chi connectivity index (χ0v) is 21.5. The average molecular weight is 526 g/mol. The number of ether oxygens (including phenoxy) is 2. The number of rotatable bonds is 10. The van der Waals surface area contributed by atoms with Crippen LogP contribution in [-0.4, -0.2) is 31.9 Å². The SMILES string of the molecule is C=C(CN(Cc1ccc(F)cc1)c1ccc(NC(=O)OCC)c(NC(=O)OCC)c1)c1ccc(Cl)cc1. The van der Waals surface area contributed by atoms with Crippen LogP contribution in [0.15, 0.2) is 73.3 Å².